The van der Waals surface area contributed by atoms with Crippen LogP contribution in [0.4, 0.5) is 5.69 Å². The highest BCUT2D eigenvalue weighted by atomic mass is 32.2. The minimum absolute atomic E-state index is 0.167. The number of hydrogen-bond donors (Lipinski definition) is 2. The van der Waals surface area contributed by atoms with Crippen LogP contribution >= 0.6 is 11.8 Å². The van der Waals surface area contributed by atoms with Gasteiger partial charge in [0.25, 0.3) is 0 Å². The Labute approximate surface area is 109 Å². The summed E-state index contributed by atoms with van der Waals surface area (Å²) in [4.78, 5) is 15.7. The van der Waals surface area contributed by atoms with Gasteiger partial charge in [-0.1, -0.05) is 18.7 Å². The molecule has 0 unspecified atom stereocenters. The van der Waals surface area contributed by atoms with E-state index in [-0.39, 0.29) is 5.69 Å². The Balaban J connectivity index is 2.08. The minimum Gasteiger partial charge on any atom is -0.399 e. The average Bonchev–Trinajstić information content (AvgIpc) is 2.69. The number of aromatic amines is 1. The van der Waals surface area contributed by atoms with Crippen LogP contribution < -0.4 is 11.4 Å². The van der Waals surface area contributed by atoms with E-state index in [4.69, 9.17) is 5.73 Å². The summed E-state index contributed by atoms with van der Waals surface area (Å²) >= 11 is 1.47. The van der Waals surface area contributed by atoms with Crippen molar-refractivity contribution in [2.24, 2.45) is 0 Å². The largest absolute Gasteiger partial charge is 0.399 e. The summed E-state index contributed by atoms with van der Waals surface area (Å²) in [7, 11) is 0. The molecule has 0 fully saturated rings. The summed E-state index contributed by atoms with van der Waals surface area (Å²) in [5.41, 5.74) is 7.08. The van der Waals surface area contributed by atoms with Gasteiger partial charge < -0.3 is 5.73 Å². The Kier molecular flexibility index (Phi) is 4.03. The van der Waals surface area contributed by atoms with E-state index in [1.54, 1.807) is 16.8 Å². The first-order valence-corrected chi connectivity index (χ1v) is 6.67. The molecule has 0 amide bonds. The summed E-state index contributed by atoms with van der Waals surface area (Å²) in [5, 5.41) is 7.15. The Bertz CT molecular complexity index is 577. The van der Waals surface area contributed by atoms with Crippen molar-refractivity contribution in [3.05, 3.63) is 34.5 Å². The fraction of sp³-hybridized carbons (Fsp3) is 0.364. The number of nitrogen functional groups attached to an aromatic ring is 1. The highest BCUT2D eigenvalue weighted by molar-refractivity contribution is 7.98. The molecule has 0 atom stereocenters. The molecule has 18 heavy (non-hydrogen) atoms. The van der Waals surface area contributed by atoms with Crippen molar-refractivity contribution >= 4 is 17.4 Å². The lowest BCUT2D eigenvalue weighted by Gasteiger charge is -2.03. The van der Waals surface area contributed by atoms with Crippen LogP contribution in [-0.4, -0.2) is 19.7 Å². The first-order valence-electron chi connectivity index (χ1n) is 5.69. The van der Waals surface area contributed by atoms with E-state index in [2.05, 4.69) is 15.2 Å². The smallest absolute Gasteiger partial charge is 0.343 e. The normalized spacial score (nSPS) is 10.7. The number of hydrogen-bond acceptors (Lipinski definition) is 5. The highest BCUT2D eigenvalue weighted by Gasteiger charge is 2.08. The average molecular weight is 265 g/mol. The lowest BCUT2D eigenvalue weighted by Crippen LogP contribution is -2.17. The number of thioether (sulfide) groups is 1. The molecule has 0 aliphatic heterocycles. The van der Waals surface area contributed by atoms with Crippen LogP contribution in [0.25, 0.3) is 0 Å². The maximum atomic E-state index is 11.5. The molecule has 0 aliphatic carbocycles. The second kappa shape index (κ2) is 5.72. The van der Waals surface area contributed by atoms with E-state index in [0.717, 1.165) is 12.1 Å². The number of pyridine rings is 1. The molecule has 0 aromatic carbocycles. The van der Waals surface area contributed by atoms with E-state index >= 15 is 0 Å². The second-order valence-corrected chi connectivity index (χ2v) is 4.77. The van der Waals surface area contributed by atoms with Crippen molar-refractivity contribution in [2.75, 3.05) is 5.73 Å². The Morgan fingerprint density at radius 2 is 2.39 bits per heavy atom. The number of rotatable bonds is 5. The Hall–Kier alpha value is -1.76. The van der Waals surface area contributed by atoms with Crippen LogP contribution in [0.15, 0.2) is 28.3 Å². The number of nitrogens with one attached hydrogen (secondary N) is 1. The van der Waals surface area contributed by atoms with Crippen LogP contribution in [0.2, 0.25) is 0 Å². The second-order valence-electron chi connectivity index (χ2n) is 3.83. The SMILES string of the molecule is CCCn1c(SCc2cc(N)ccn2)n[nH]c1=O. The van der Waals surface area contributed by atoms with Gasteiger partial charge in [-0.25, -0.2) is 9.89 Å². The van der Waals surface area contributed by atoms with Crippen LogP contribution in [0.1, 0.15) is 19.0 Å². The third kappa shape index (κ3) is 2.92. The van der Waals surface area contributed by atoms with Gasteiger partial charge in [0, 0.05) is 24.2 Å². The predicted octanol–water partition coefficient (Wildman–Crippen LogP) is 1.25. The molecule has 7 heteroatoms. The van der Waals surface area contributed by atoms with Crippen LogP contribution in [0, 0.1) is 0 Å². The maximum Gasteiger partial charge on any atom is 0.343 e. The van der Waals surface area contributed by atoms with Crippen molar-refractivity contribution in [3.8, 4) is 0 Å². The van der Waals surface area contributed by atoms with Gasteiger partial charge in [-0.3, -0.25) is 9.55 Å². The number of nitrogens with zero attached hydrogens (tertiary/aromatic N) is 3. The zero-order chi connectivity index (χ0) is 13.0. The first kappa shape index (κ1) is 12.7. The van der Waals surface area contributed by atoms with Crippen molar-refractivity contribution < 1.29 is 0 Å². The van der Waals surface area contributed by atoms with Crippen molar-refractivity contribution in [1.82, 2.24) is 19.7 Å². The maximum absolute atomic E-state index is 11.5. The molecule has 2 rings (SSSR count). The molecular weight excluding hydrogens is 250 g/mol. The molecule has 0 saturated carbocycles. The summed E-state index contributed by atoms with van der Waals surface area (Å²) in [6.07, 6.45) is 2.57. The van der Waals surface area contributed by atoms with Gasteiger partial charge in [0.1, 0.15) is 0 Å². The molecule has 0 saturated heterocycles. The van der Waals surface area contributed by atoms with Gasteiger partial charge in [0.05, 0.1) is 5.69 Å². The van der Waals surface area contributed by atoms with Gasteiger partial charge >= 0.3 is 5.69 Å². The lowest BCUT2D eigenvalue weighted by atomic mass is 10.3. The van der Waals surface area contributed by atoms with Crippen molar-refractivity contribution in [2.45, 2.75) is 30.8 Å². The Morgan fingerprint density at radius 3 is 3.11 bits per heavy atom. The first-order chi connectivity index (χ1) is 8.70. The molecule has 2 aromatic heterocycles. The number of H-pyrrole nitrogens is 1. The molecule has 0 radical (unpaired) electrons. The summed E-state index contributed by atoms with van der Waals surface area (Å²) in [6.45, 7) is 2.69. The zero-order valence-electron chi connectivity index (χ0n) is 10.1. The summed E-state index contributed by atoms with van der Waals surface area (Å²) < 4.78 is 1.64. The van der Waals surface area contributed by atoms with Crippen LogP contribution in [-0.2, 0) is 12.3 Å². The van der Waals surface area contributed by atoms with Gasteiger partial charge in [-0.15, -0.1) is 5.10 Å². The standard InChI is InChI=1S/C11H15N5OS/c1-2-5-16-10(17)14-15-11(16)18-7-9-6-8(12)3-4-13-9/h3-4,6H,2,5,7H2,1H3,(H2,12,13)(H,14,17). The molecule has 3 N–H and O–H groups in total. The molecule has 0 bridgehead atoms. The predicted molar refractivity (Wildman–Crippen MR) is 71.3 cm³/mol. The van der Waals surface area contributed by atoms with Crippen LogP contribution in [0.3, 0.4) is 0 Å². The minimum atomic E-state index is -0.167. The molecule has 2 aromatic rings. The van der Waals surface area contributed by atoms with Gasteiger partial charge in [-0.05, 0) is 18.6 Å². The van der Waals surface area contributed by atoms with E-state index in [9.17, 15) is 4.79 Å². The molecule has 0 spiro atoms. The zero-order valence-corrected chi connectivity index (χ0v) is 10.9. The highest BCUT2D eigenvalue weighted by Crippen LogP contribution is 2.19. The van der Waals surface area contributed by atoms with E-state index < -0.39 is 0 Å². The fourth-order valence-electron chi connectivity index (χ4n) is 1.55. The van der Waals surface area contributed by atoms with Crippen molar-refractivity contribution in [3.63, 3.8) is 0 Å². The van der Waals surface area contributed by atoms with E-state index in [1.807, 2.05) is 13.0 Å². The fourth-order valence-corrected chi connectivity index (χ4v) is 2.42. The van der Waals surface area contributed by atoms with Gasteiger partial charge in [0.15, 0.2) is 5.16 Å². The van der Waals surface area contributed by atoms with Crippen molar-refractivity contribution in [1.29, 1.82) is 0 Å². The third-order valence-corrected chi connectivity index (χ3v) is 3.37. The molecule has 96 valence electrons. The van der Waals surface area contributed by atoms with Crippen LogP contribution in [0.5, 0.6) is 0 Å². The topological polar surface area (TPSA) is 89.6 Å². The molecule has 2 heterocycles. The lowest BCUT2D eigenvalue weighted by molar-refractivity contribution is 0.603. The van der Waals surface area contributed by atoms with Gasteiger partial charge in [-0.2, -0.15) is 0 Å². The van der Waals surface area contributed by atoms with Gasteiger partial charge in [0.2, 0.25) is 0 Å². The quantitative estimate of drug-likeness (QED) is 0.794. The number of aromatic nitrogens is 4. The molecule has 6 nitrogen and oxygen atoms in total. The van der Waals surface area contributed by atoms with E-state index in [0.29, 0.717) is 23.1 Å². The number of anilines is 1. The monoisotopic (exact) mass is 265 g/mol. The summed E-state index contributed by atoms with van der Waals surface area (Å²) in [5.74, 6) is 0.638. The third-order valence-electron chi connectivity index (χ3n) is 2.36. The molecule has 0 aliphatic rings. The Morgan fingerprint density at radius 1 is 1.56 bits per heavy atom. The summed E-state index contributed by atoms with van der Waals surface area (Å²) in [6, 6.07) is 3.57. The molecular formula is C11H15N5OS. The number of nitrogens with two attached hydrogens (primary N) is 1. The van der Waals surface area contributed by atoms with E-state index in [1.165, 1.54) is 11.8 Å².